The molecule has 0 radical (unpaired) electrons. The molecule has 2 heterocycles. The van der Waals surface area contributed by atoms with Gasteiger partial charge in [0, 0.05) is 28.7 Å². The SMILES string of the molecule is O=C(O)c1ccc2c(C3CCCCC3)c3n(c2c1)CC(O)CNc1ccccc1-3. The van der Waals surface area contributed by atoms with E-state index >= 15 is 0 Å². The molecule has 5 heteroatoms. The number of carboxylic acids is 1. The van der Waals surface area contributed by atoms with Crippen molar-refractivity contribution in [1.82, 2.24) is 4.57 Å². The number of rotatable bonds is 2. The fraction of sp³-hybridized carbons (Fsp3) is 0.375. The van der Waals surface area contributed by atoms with Gasteiger partial charge in [0.25, 0.3) is 0 Å². The minimum Gasteiger partial charge on any atom is -0.478 e. The number of fused-ring (bicyclic) bond motifs is 5. The van der Waals surface area contributed by atoms with Gasteiger partial charge >= 0.3 is 5.97 Å². The molecule has 1 aliphatic heterocycles. The van der Waals surface area contributed by atoms with Gasteiger partial charge in [-0.15, -0.1) is 0 Å². The van der Waals surface area contributed by atoms with Crippen LogP contribution in [0, 0.1) is 0 Å². The van der Waals surface area contributed by atoms with E-state index in [1.165, 1.54) is 24.8 Å². The first-order valence-corrected chi connectivity index (χ1v) is 10.5. The maximum absolute atomic E-state index is 11.6. The lowest BCUT2D eigenvalue weighted by molar-refractivity contribution is 0.0697. The maximum atomic E-state index is 11.6. The van der Waals surface area contributed by atoms with Gasteiger partial charge in [-0.05, 0) is 42.5 Å². The van der Waals surface area contributed by atoms with Crippen LogP contribution in [0.25, 0.3) is 22.2 Å². The van der Waals surface area contributed by atoms with Crippen LogP contribution in [0.5, 0.6) is 0 Å². The van der Waals surface area contributed by atoms with Crippen molar-refractivity contribution in [3.63, 3.8) is 0 Å². The number of carbonyl (C=O) groups is 1. The van der Waals surface area contributed by atoms with Crippen LogP contribution in [0.4, 0.5) is 5.69 Å². The number of aromatic carboxylic acids is 1. The number of hydrogen-bond donors (Lipinski definition) is 3. The second-order valence-corrected chi connectivity index (χ2v) is 8.33. The Labute approximate surface area is 170 Å². The molecule has 1 fully saturated rings. The lowest BCUT2D eigenvalue weighted by atomic mass is 9.81. The third kappa shape index (κ3) is 3.10. The number of para-hydroxylation sites is 1. The molecule has 5 rings (SSSR count). The molecule has 1 aliphatic carbocycles. The van der Waals surface area contributed by atoms with Gasteiger partial charge in [0.05, 0.1) is 23.9 Å². The summed E-state index contributed by atoms with van der Waals surface area (Å²) in [6.07, 6.45) is 5.50. The van der Waals surface area contributed by atoms with E-state index in [9.17, 15) is 15.0 Å². The monoisotopic (exact) mass is 390 g/mol. The predicted molar refractivity (Wildman–Crippen MR) is 115 cm³/mol. The number of nitrogens with zero attached hydrogens (tertiary/aromatic N) is 1. The number of benzene rings is 2. The van der Waals surface area contributed by atoms with Gasteiger partial charge < -0.3 is 20.1 Å². The van der Waals surface area contributed by atoms with Crippen molar-refractivity contribution in [2.75, 3.05) is 11.9 Å². The standard InChI is InChI=1S/C24H26N2O3/c27-17-13-25-20-9-5-4-8-18(20)23-22(15-6-2-1-3-7-15)19-11-10-16(24(28)29)12-21(19)26(23)14-17/h4-5,8-12,15,17,25,27H,1-3,6-7,13-14H2,(H,28,29). The van der Waals surface area contributed by atoms with Gasteiger partial charge in [0.2, 0.25) is 0 Å². The molecule has 3 aromatic rings. The molecule has 29 heavy (non-hydrogen) atoms. The smallest absolute Gasteiger partial charge is 0.335 e. The Morgan fingerprint density at radius 1 is 1.07 bits per heavy atom. The van der Waals surface area contributed by atoms with Crippen LogP contribution in [-0.4, -0.2) is 33.4 Å². The maximum Gasteiger partial charge on any atom is 0.335 e. The summed E-state index contributed by atoms with van der Waals surface area (Å²) in [4.78, 5) is 11.6. The molecule has 0 bridgehead atoms. The van der Waals surface area contributed by atoms with Crippen LogP contribution in [-0.2, 0) is 6.54 Å². The van der Waals surface area contributed by atoms with E-state index < -0.39 is 12.1 Å². The number of hydrogen-bond acceptors (Lipinski definition) is 3. The average molecular weight is 390 g/mol. The predicted octanol–water partition coefficient (Wildman–Crippen LogP) is 4.84. The number of anilines is 1. The zero-order valence-electron chi connectivity index (χ0n) is 16.4. The highest BCUT2D eigenvalue weighted by atomic mass is 16.4. The summed E-state index contributed by atoms with van der Waals surface area (Å²) in [6, 6.07) is 13.7. The van der Waals surface area contributed by atoms with Crippen molar-refractivity contribution >= 4 is 22.6 Å². The van der Waals surface area contributed by atoms with Gasteiger partial charge in [-0.3, -0.25) is 0 Å². The summed E-state index contributed by atoms with van der Waals surface area (Å²) in [7, 11) is 0. The van der Waals surface area contributed by atoms with Gasteiger partial charge in [0.15, 0.2) is 0 Å². The van der Waals surface area contributed by atoms with Crippen LogP contribution >= 0.6 is 0 Å². The fourth-order valence-electron chi connectivity index (χ4n) is 5.14. The fourth-order valence-corrected chi connectivity index (χ4v) is 5.14. The largest absolute Gasteiger partial charge is 0.478 e. The Bertz CT molecular complexity index is 1080. The number of aromatic nitrogens is 1. The molecular formula is C24H26N2O3. The molecule has 0 amide bonds. The average Bonchev–Trinajstić information content (AvgIpc) is 3.04. The Morgan fingerprint density at radius 3 is 2.66 bits per heavy atom. The lowest BCUT2D eigenvalue weighted by Crippen LogP contribution is -2.27. The molecule has 3 N–H and O–H groups in total. The molecule has 2 aliphatic rings. The van der Waals surface area contributed by atoms with E-state index in [1.807, 2.05) is 18.2 Å². The molecule has 1 aromatic heterocycles. The quantitative estimate of drug-likeness (QED) is 0.585. The van der Waals surface area contributed by atoms with E-state index in [1.54, 1.807) is 12.1 Å². The number of aliphatic hydroxyl groups excluding tert-OH is 1. The van der Waals surface area contributed by atoms with Crippen LogP contribution < -0.4 is 5.32 Å². The molecule has 1 unspecified atom stereocenters. The number of β-amino-alcohol motifs (C(OH)–C–C–N with tert-alkyl or cyclic N) is 1. The molecular weight excluding hydrogens is 364 g/mol. The summed E-state index contributed by atoms with van der Waals surface area (Å²) < 4.78 is 2.16. The topological polar surface area (TPSA) is 74.5 Å². The molecule has 1 atom stereocenters. The summed E-state index contributed by atoms with van der Waals surface area (Å²) in [6.45, 7) is 0.913. The second kappa shape index (κ2) is 7.23. The Kier molecular flexibility index (Phi) is 4.55. The summed E-state index contributed by atoms with van der Waals surface area (Å²) in [5.41, 5.74) is 5.81. The van der Waals surface area contributed by atoms with Crippen molar-refractivity contribution < 1.29 is 15.0 Å². The second-order valence-electron chi connectivity index (χ2n) is 8.33. The first-order chi connectivity index (χ1) is 14.1. The van der Waals surface area contributed by atoms with Crippen LogP contribution in [0.1, 0.15) is 53.9 Å². The van der Waals surface area contributed by atoms with Crippen molar-refractivity contribution in [3.05, 3.63) is 53.6 Å². The van der Waals surface area contributed by atoms with Crippen LogP contribution in [0.3, 0.4) is 0 Å². The highest BCUT2D eigenvalue weighted by Crippen LogP contribution is 2.46. The van der Waals surface area contributed by atoms with E-state index in [4.69, 9.17) is 0 Å². The highest BCUT2D eigenvalue weighted by Gasteiger charge is 2.29. The molecule has 0 saturated heterocycles. The highest BCUT2D eigenvalue weighted by molar-refractivity contribution is 5.99. The van der Waals surface area contributed by atoms with E-state index in [2.05, 4.69) is 22.0 Å². The number of nitrogens with one attached hydrogen (secondary N) is 1. The Hall–Kier alpha value is -2.79. The minimum absolute atomic E-state index is 0.288. The van der Waals surface area contributed by atoms with Crippen LogP contribution in [0.2, 0.25) is 0 Å². The zero-order chi connectivity index (χ0) is 20.0. The van der Waals surface area contributed by atoms with E-state index in [-0.39, 0.29) is 5.56 Å². The van der Waals surface area contributed by atoms with Crippen molar-refractivity contribution in [2.45, 2.75) is 50.7 Å². The number of carboxylic acid groups (broad SMARTS) is 1. The summed E-state index contributed by atoms with van der Waals surface area (Å²) in [5.74, 6) is -0.460. The first-order valence-electron chi connectivity index (χ1n) is 10.5. The normalized spacial score (nSPS) is 19.7. The summed E-state index contributed by atoms with van der Waals surface area (Å²) in [5, 5.41) is 24.7. The minimum atomic E-state index is -0.921. The molecule has 150 valence electrons. The Balaban J connectivity index is 1.85. The lowest BCUT2D eigenvalue weighted by Gasteiger charge is -2.27. The van der Waals surface area contributed by atoms with Gasteiger partial charge in [-0.2, -0.15) is 0 Å². The third-order valence-corrected chi connectivity index (χ3v) is 6.47. The van der Waals surface area contributed by atoms with Crippen molar-refractivity contribution in [2.24, 2.45) is 0 Å². The molecule has 5 nitrogen and oxygen atoms in total. The van der Waals surface area contributed by atoms with Crippen molar-refractivity contribution in [3.8, 4) is 11.3 Å². The van der Waals surface area contributed by atoms with E-state index in [0.717, 1.165) is 40.7 Å². The number of aliphatic hydroxyl groups is 1. The van der Waals surface area contributed by atoms with Crippen molar-refractivity contribution in [1.29, 1.82) is 0 Å². The van der Waals surface area contributed by atoms with Gasteiger partial charge in [-0.1, -0.05) is 43.5 Å². The van der Waals surface area contributed by atoms with Gasteiger partial charge in [-0.25, -0.2) is 4.79 Å². The third-order valence-electron chi connectivity index (χ3n) is 6.47. The van der Waals surface area contributed by atoms with Crippen LogP contribution in [0.15, 0.2) is 42.5 Å². The Morgan fingerprint density at radius 2 is 1.86 bits per heavy atom. The molecule has 0 spiro atoms. The zero-order valence-corrected chi connectivity index (χ0v) is 16.4. The van der Waals surface area contributed by atoms with E-state index in [0.29, 0.717) is 19.0 Å². The molecule has 1 saturated carbocycles. The first kappa shape index (κ1) is 18.3. The van der Waals surface area contributed by atoms with Gasteiger partial charge in [0.1, 0.15) is 0 Å². The molecule has 2 aromatic carbocycles. The summed E-state index contributed by atoms with van der Waals surface area (Å²) >= 11 is 0.